The number of hydrogen-bond donors (Lipinski definition) is 0. The Bertz CT molecular complexity index is 258. The van der Waals surface area contributed by atoms with Crippen molar-refractivity contribution in [3.8, 4) is 0 Å². The monoisotopic (exact) mass is 204 g/mol. The first-order valence-corrected chi connectivity index (χ1v) is 4.79. The second kappa shape index (κ2) is 3.79. The van der Waals surface area contributed by atoms with Gasteiger partial charge < -0.3 is 0 Å². The Hall–Kier alpha value is -0.730. The summed E-state index contributed by atoms with van der Waals surface area (Å²) in [6.45, 7) is 5.58. The molecule has 0 saturated carbocycles. The predicted molar refractivity (Wildman–Crippen MR) is 50.8 cm³/mol. The highest BCUT2D eigenvalue weighted by Crippen LogP contribution is 2.37. The number of halogens is 3. The lowest BCUT2D eigenvalue weighted by molar-refractivity contribution is -0.169. The smallest absolute Gasteiger partial charge is 0.170 e. The summed E-state index contributed by atoms with van der Waals surface area (Å²) in [7, 11) is 0. The van der Waals surface area contributed by atoms with Gasteiger partial charge in [0.25, 0.3) is 0 Å². The molecule has 2 atom stereocenters. The van der Waals surface area contributed by atoms with Crippen molar-refractivity contribution in [1.29, 1.82) is 0 Å². The molecule has 1 aliphatic rings. The van der Waals surface area contributed by atoms with Crippen molar-refractivity contribution in [2.24, 2.45) is 17.8 Å². The summed E-state index contributed by atoms with van der Waals surface area (Å²) in [5.74, 6) is -1.47. The van der Waals surface area contributed by atoms with Crippen LogP contribution in [0.25, 0.3) is 0 Å². The third-order valence-electron chi connectivity index (χ3n) is 2.56. The van der Waals surface area contributed by atoms with Gasteiger partial charge in [-0.1, -0.05) is 39.0 Å². The summed E-state index contributed by atoms with van der Waals surface area (Å²) in [6, 6.07) is 0. The van der Waals surface area contributed by atoms with E-state index in [-0.39, 0.29) is 0 Å². The van der Waals surface area contributed by atoms with Gasteiger partial charge in [-0.2, -0.15) is 13.2 Å². The van der Waals surface area contributed by atoms with Crippen LogP contribution in [-0.4, -0.2) is 6.18 Å². The van der Waals surface area contributed by atoms with Crippen molar-refractivity contribution in [2.45, 2.75) is 26.9 Å². The van der Waals surface area contributed by atoms with E-state index in [1.165, 1.54) is 6.08 Å². The minimum Gasteiger partial charge on any atom is -0.170 e. The first kappa shape index (κ1) is 11.3. The fourth-order valence-electron chi connectivity index (χ4n) is 1.64. The van der Waals surface area contributed by atoms with Crippen LogP contribution >= 0.6 is 0 Å². The quantitative estimate of drug-likeness (QED) is 0.606. The summed E-state index contributed by atoms with van der Waals surface area (Å²) in [5, 5.41) is 0. The molecule has 0 heterocycles. The fraction of sp³-hybridized carbons (Fsp3) is 0.636. The molecule has 3 heteroatoms. The van der Waals surface area contributed by atoms with Crippen molar-refractivity contribution in [3.63, 3.8) is 0 Å². The van der Waals surface area contributed by atoms with Crippen LogP contribution in [0.4, 0.5) is 13.2 Å². The highest BCUT2D eigenvalue weighted by atomic mass is 19.4. The normalized spacial score (nSPS) is 28.1. The lowest BCUT2D eigenvalue weighted by Gasteiger charge is -2.26. The second-order valence-corrected chi connectivity index (χ2v) is 4.11. The van der Waals surface area contributed by atoms with Crippen molar-refractivity contribution < 1.29 is 13.2 Å². The van der Waals surface area contributed by atoms with E-state index in [0.717, 1.165) is 5.57 Å². The van der Waals surface area contributed by atoms with Crippen LogP contribution in [0.1, 0.15) is 20.8 Å². The largest absolute Gasteiger partial charge is 0.395 e. The highest BCUT2D eigenvalue weighted by Gasteiger charge is 2.41. The zero-order valence-electron chi connectivity index (χ0n) is 8.60. The van der Waals surface area contributed by atoms with Gasteiger partial charge in [-0.25, -0.2) is 0 Å². The highest BCUT2D eigenvalue weighted by molar-refractivity contribution is 5.27. The van der Waals surface area contributed by atoms with E-state index in [1.54, 1.807) is 19.1 Å². The predicted octanol–water partition coefficient (Wildman–Crippen LogP) is 3.95. The Morgan fingerprint density at radius 1 is 1.29 bits per heavy atom. The summed E-state index contributed by atoms with van der Waals surface area (Å²) in [4.78, 5) is 0. The summed E-state index contributed by atoms with van der Waals surface area (Å²) < 4.78 is 37.3. The lowest BCUT2D eigenvalue weighted by Crippen LogP contribution is -2.28. The molecule has 0 aromatic rings. The summed E-state index contributed by atoms with van der Waals surface area (Å²) in [5.41, 5.74) is 0.998. The van der Waals surface area contributed by atoms with Crippen molar-refractivity contribution in [1.82, 2.24) is 0 Å². The number of alkyl halides is 3. The molecule has 80 valence electrons. The van der Waals surface area contributed by atoms with Gasteiger partial charge in [0, 0.05) is 0 Å². The molecule has 0 fully saturated rings. The fourth-order valence-corrected chi connectivity index (χ4v) is 1.64. The average Bonchev–Trinajstić information content (AvgIpc) is 2.01. The molecule has 0 aliphatic heterocycles. The second-order valence-electron chi connectivity index (χ2n) is 4.11. The minimum atomic E-state index is -4.12. The van der Waals surface area contributed by atoms with Gasteiger partial charge in [0.05, 0.1) is 5.92 Å². The van der Waals surface area contributed by atoms with Gasteiger partial charge in [0.15, 0.2) is 0 Å². The van der Waals surface area contributed by atoms with E-state index in [9.17, 15) is 13.2 Å². The Morgan fingerprint density at radius 3 is 2.21 bits per heavy atom. The molecule has 14 heavy (non-hydrogen) atoms. The average molecular weight is 204 g/mol. The van der Waals surface area contributed by atoms with Gasteiger partial charge >= 0.3 is 6.18 Å². The van der Waals surface area contributed by atoms with Crippen LogP contribution < -0.4 is 0 Å². The zero-order chi connectivity index (χ0) is 10.9. The van der Waals surface area contributed by atoms with E-state index < -0.39 is 18.0 Å². The topological polar surface area (TPSA) is 0 Å². The molecule has 0 bridgehead atoms. The van der Waals surface area contributed by atoms with Crippen LogP contribution in [0.5, 0.6) is 0 Å². The first-order valence-electron chi connectivity index (χ1n) is 4.79. The molecule has 0 spiro atoms. The SMILES string of the molecule is CC(C)C1=CC(C)C(C(F)(F)F)C=C1. The van der Waals surface area contributed by atoms with E-state index in [2.05, 4.69) is 0 Å². The molecule has 0 amide bonds. The third kappa shape index (κ3) is 2.40. The van der Waals surface area contributed by atoms with E-state index in [0.29, 0.717) is 5.92 Å². The Labute approximate surface area is 82.5 Å². The number of allylic oxidation sites excluding steroid dienone is 4. The van der Waals surface area contributed by atoms with Gasteiger partial charge in [-0.3, -0.25) is 0 Å². The number of rotatable bonds is 1. The van der Waals surface area contributed by atoms with Gasteiger partial charge in [-0.15, -0.1) is 0 Å². The standard InChI is InChI=1S/C11H15F3/c1-7(2)9-4-5-10(8(3)6-9)11(12,13)14/h4-8,10H,1-3H3. The first-order chi connectivity index (χ1) is 6.32. The van der Waals surface area contributed by atoms with Crippen LogP contribution in [-0.2, 0) is 0 Å². The molecule has 1 rings (SSSR count). The van der Waals surface area contributed by atoms with Crippen molar-refractivity contribution in [3.05, 3.63) is 23.8 Å². The van der Waals surface area contributed by atoms with Crippen LogP contribution in [0.3, 0.4) is 0 Å². The third-order valence-corrected chi connectivity index (χ3v) is 2.56. The molecule has 0 N–H and O–H groups in total. The van der Waals surface area contributed by atoms with E-state index in [4.69, 9.17) is 0 Å². The molecular weight excluding hydrogens is 189 g/mol. The maximum Gasteiger partial charge on any atom is 0.395 e. The van der Waals surface area contributed by atoms with Gasteiger partial charge in [0.1, 0.15) is 0 Å². The Kier molecular flexibility index (Phi) is 3.07. The van der Waals surface area contributed by atoms with Crippen LogP contribution in [0, 0.1) is 17.8 Å². The van der Waals surface area contributed by atoms with Gasteiger partial charge in [0.2, 0.25) is 0 Å². The molecule has 0 radical (unpaired) electrons. The Balaban J connectivity index is 2.81. The van der Waals surface area contributed by atoms with Crippen LogP contribution in [0.15, 0.2) is 23.8 Å². The molecule has 1 aliphatic carbocycles. The molecule has 0 aromatic heterocycles. The lowest BCUT2D eigenvalue weighted by atomic mass is 9.84. The van der Waals surface area contributed by atoms with Crippen molar-refractivity contribution in [2.75, 3.05) is 0 Å². The van der Waals surface area contributed by atoms with Crippen LogP contribution in [0.2, 0.25) is 0 Å². The molecular formula is C11H15F3. The number of hydrogen-bond acceptors (Lipinski definition) is 0. The van der Waals surface area contributed by atoms with E-state index >= 15 is 0 Å². The summed E-state index contributed by atoms with van der Waals surface area (Å²) in [6.07, 6.45) is 0.487. The van der Waals surface area contributed by atoms with Gasteiger partial charge in [-0.05, 0) is 17.4 Å². The van der Waals surface area contributed by atoms with Crippen molar-refractivity contribution >= 4 is 0 Å². The maximum absolute atomic E-state index is 12.4. The molecule has 0 nitrogen and oxygen atoms in total. The minimum absolute atomic E-state index is 0.294. The molecule has 2 unspecified atom stereocenters. The van der Waals surface area contributed by atoms with E-state index in [1.807, 2.05) is 13.8 Å². The summed E-state index contributed by atoms with van der Waals surface area (Å²) >= 11 is 0. The maximum atomic E-state index is 12.4. The molecule has 0 saturated heterocycles. The zero-order valence-corrected chi connectivity index (χ0v) is 8.60. The molecule has 0 aromatic carbocycles. The Morgan fingerprint density at radius 2 is 1.86 bits per heavy atom.